The van der Waals surface area contributed by atoms with Gasteiger partial charge in [0.1, 0.15) is 0 Å². The van der Waals surface area contributed by atoms with Crippen LogP contribution >= 0.6 is 24.0 Å². The van der Waals surface area contributed by atoms with Gasteiger partial charge in [-0.05, 0) is 12.0 Å². The molecule has 1 fully saturated rings. The number of rotatable bonds is 6. The molecule has 1 aromatic carbocycles. The van der Waals surface area contributed by atoms with Crippen molar-refractivity contribution >= 4 is 35.8 Å². The molecule has 0 spiro atoms. The third-order valence-electron chi connectivity index (χ3n) is 4.32. The molecule has 2 N–H and O–H groups in total. The Morgan fingerprint density at radius 3 is 2.72 bits per heavy atom. The predicted molar refractivity (Wildman–Crippen MR) is 111 cm³/mol. The van der Waals surface area contributed by atoms with Crippen molar-refractivity contribution in [1.29, 1.82) is 0 Å². The largest absolute Gasteiger partial charge is 0.375 e. The maximum Gasteiger partial charge on any atom is 0.222 e. The van der Waals surface area contributed by atoms with Crippen LogP contribution < -0.4 is 10.6 Å². The number of methoxy groups -OCH3 is 1. The van der Waals surface area contributed by atoms with Gasteiger partial charge >= 0.3 is 0 Å². The Hall–Kier alpha value is -1.35. The lowest BCUT2D eigenvalue weighted by Crippen LogP contribution is -2.46. The molecule has 2 rings (SSSR count). The molecule has 1 aliphatic heterocycles. The molecule has 1 saturated heterocycles. The van der Waals surface area contributed by atoms with Crippen LogP contribution in [0.3, 0.4) is 0 Å². The number of carbonyl (C=O) groups excluding carboxylic acids is 1. The topological polar surface area (TPSA) is 66.0 Å². The van der Waals surface area contributed by atoms with Gasteiger partial charge < -0.3 is 20.3 Å². The van der Waals surface area contributed by atoms with Crippen molar-refractivity contribution in [2.75, 3.05) is 33.8 Å². The first-order valence-electron chi connectivity index (χ1n) is 8.50. The van der Waals surface area contributed by atoms with E-state index in [1.165, 1.54) is 0 Å². The number of halogens is 1. The molecule has 1 amide bonds. The monoisotopic (exact) mass is 460 g/mol. The van der Waals surface area contributed by atoms with Crippen molar-refractivity contribution in [3.63, 3.8) is 0 Å². The van der Waals surface area contributed by atoms with E-state index in [1.807, 2.05) is 30.0 Å². The summed E-state index contributed by atoms with van der Waals surface area (Å²) >= 11 is 0. The zero-order chi connectivity index (χ0) is 17.4. The number of ether oxygens (including phenoxy) is 1. The average Bonchev–Trinajstić information content (AvgIpc) is 3.10. The van der Waals surface area contributed by atoms with Gasteiger partial charge in [-0.25, -0.2) is 0 Å². The standard InChI is InChI=1S/C18H28N4O2.HI/c1-4-17(23)22-11-10-15(13-22)21-18(19-2)20-12-16(24-3)14-8-6-5-7-9-14;/h5-9,15-16H,4,10-13H2,1-3H3,(H2,19,20,21);1H. The van der Waals surface area contributed by atoms with Gasteiger partial charge in [0.2, 0.25) is 5.91 Å². The molecule has 140 valence electrons. The van der Waals surface area contributed by atoms with E-state index in [2.05, 4.69) is 27.8 Å². The van der Waals surface area contributed by atoms with Gasteiger partial charge in [-0.2, -0.15) is 0 Å². The highest BCUT2D eigenvalue weighted by atomic mass is 127. The van der Waals surface area contributed by atoms with Crippen molar-refractivity contribution in [3.05, 3.63) is 35.9 Å². The number of likely N-dealkylation sites (tertiary alicyclic amines) is 1. The Morgan fingerprint density at radius 1 is 1.40 bits per heavy atom. The molecule has 0 radical (unpaired) electrons. The molecule has 25 heavy (non-hydrogen) atoms. The second kappa shape index (κ2) is 11.3. The van der Waals surface area contributed by atoms with Gasteiger partial charge in [0.05, 0.1) is 6.10 Å². The van der Waals surface area contributed by atoms with Gasteiger partial charge in [0, 0.05) is 46.3 Å². The zero-order valence-electron chi connectivity index (χ0n) is 15.2. The highest BCUT2D eigenvalue weighted by molar-refractivity contribution is 14.0. The molecule has 2 atom stereocenters. The summed E-state index contributed by atoms with van der Waals surface area (Å²) in [5, 5.41) is 6.71. The maximum atomic E-state index is 11.8. The van der Waals surface area contributed by atoms with Gasteiger partial charge in [0.25, 0.3) is 0 Å². The third kappa shape index (κ3) is 6.47. The van der Waals surface area contributed by atoms with E-state index >= 15 is 0 Å². The summed E-state index contributed by atoms with van der Waals surface area (Å²) in [5.41, 5.74) is 1.13. The molecular formula is C18H29IN4O2. The summed E-state index contributed by atoms with van der Waals surface area (Å²) in [6, 6.07) is 10.4. The fraction of sp³-hybridized carbons (Fsp3) is 0.556. The van der Waals surface area contributed by atoms with E-state index in [0.717, 1.165) is 31.0 Å². The van der Waals surface area contributed by atoms with Crippen molar-refractivity contribution in [2.24, 2.45) is 4.99 Å². The number of aliphatic imine (C=N–C) groups is 1. The van der Waals surface area contributed by atoms with Crippen LogP contribution in [0.4, 0.5) is 0 Å². The van der Waals surface area contributed by atoms with Crippen LogP contribution in [0, 0.1) is 0 Å². The highest BCUT2D eigenvalue weighted by Gasteiger charge is 2.25. The van der Waals surface area contributed by atoms with Gasteiger partial charge in [-0.15, -0.1) is 24.0 Å². The number of guanidine groups is 1. The first kappa shape index (κ1) is 21.7. The number of hydrogen-bond donors (Lipinski definition) is 2. The first-order valence-corrected chi connectivity index (χ1v) is 8.50. The molecule has 1 heterocycles. The van der Waals surface area contributed by atoms with Crippen LogP contribution in [0.5, 0.6) is 0 Å². The summed E-state index contributed by atoms with van der Waals surface area (Å²) in [4.78, 5) is 17.9. The van der Waals surface area contributed by atoms with Crippen LogP contribution in [0.2, 0.25) is 0 Å². The van der Waals surface area contributed by atoms with Crippen LogP contribution in [0.25, 0.3) is 0 Å². The second-order valence-corrected chi connectivity index (χ2v) is 5.91. The second-order valence-electron chi connectivity index (χ2n) is 5.91. The van der Waals surface area contributed by atoms with E-state index < -0.39 is 0 Å². The summed E-state index contributed by atoms with van der Waals surface area (Å²) in [6.07, 6.45) is 1.47. The Bertz CT molecular complexity index is 553. The third-order valence-corrected chi connectivity index (χ3v) is 4.32. The van der Waals surface area contributed by atoms with Crippen molar-refractivity contribution < 1.29 is 9.53 Å². The molecule has 2 unspecified atom stereocenters. The number of carbonyl (C=O) groups is 1. The molecule has 0 saturated carbocycles. The predicted octanol–water partition coefficient (Wildman–Crippen LogP) is 2.17. The minimum atomic E-state index is -0.0357. The number of benzene rings is 1. The van der Waals surface area contributed by atoms with Gasteiger partial charge in [-0.1, -0.05) is 37.3 Å². The summed E-state index contributed by atoms with van der Waals surface area (Å²) < 4.78 is 5.57. The SMILES string of the molecule is CCC(=O)N1CCC(NC(=NC)NCC(OC)c2ccccc2)C1.I. The lowest BCUT2D eigenvalue weighted by Gasteiger charge is -2.21. The first-order chi connectivity index (χ1) is 11.7. The lowest BCUT2D eigenvalue weighted by molar-refractivity contribution is -0.129. The normalized spacial score (nSPS) is 18.4. The van der Waals surface area contributed by atoms with E-state index in [1.54, 1.807) is 14.2 Å². The van der Waals surface area contributed by atoms with Crippen LogP contribution in [-0.4, -0.2) is 56.6 Å². The number of nitrogens with one attached hydrogen (secondary N) is 2. The molecule has 1 aliphatic rings. The minimum Gasteiger partial charge on any atom is -0.375 e. The Balaban J connectivity index is 0.00000312. The van der Waals surface area contributed by atoms with Gasteiger partial charge in [-0.3, -0.25) is 9.79 Å². The Morgan fingerprint density at radius 2 is 2.12 bits per heavy atom. The minimum absolute atomic E-state index is 0. The number of hydrogen-bond acceptors (Lipinski definition) is 3. The quantitative estimate of drug-likeness (QED) is 0.388. The average molecular weight is 460 g/mol. The Labute approximate surface area is 167 Å². The van der Waals surface area contributed by atoms with Crippen molar-refractivity contribution in [2.45, 2.75) is 31.9 Å². The molecular weight excluding hydrogens is 431 g/mol. The van der Waals surface area contributed by atoms with E-state index in [9.17, 15) is 4.79 Å². The maximum absolute atomic E-state index is 11.8. The fourth-order valence-corrected chi connectivity index (χ4v) is 2.91. The lowest BCUT2D eigenvalue weighted by atomic mass is 10.1. The smallest absolute Gasteiger partial charge is 0.222 e. The summed E-state index contributed by atoms with van der Waals surface area (Å²) in [7, 11) is 3.46. The molecule has 0 aliphatic carbocycles. The van der Waals surface area contributed by atoms with E-state index in [4.69, 9.17) is 4.74 Å². The molecule has 0 aromatic heterocycles. The number of amides is 1. The summed E-state index contributed by atoms with van der Waals surface area (Å²) in [6.45, 7) is 4.08. The van der Waals surface area contributed by atoms with Crippen molar-refractivity contribution in [3.8, 4) is 0 Å². The van der Waals surface area contributed by atoms with Crippen LogP contribution in [0.1, 0.15) is 31.4 Å². The highest BCUT2D eigenvalue weighted by Crippen LogP contribution is 2.15. The Kier molecular flexibility index (Phi) is 9.81. The number of nitrogens with zero attached hydrogens (tertiary/aromatic N) is 2. The summed E-state index contributed by atoms with van der Waals surface area (Å²) in [5.74, 6) is 0.953. The molecule has 1 aromatic rings. The molecule has 7 heteroatoms. The fourth-order valence-electron chi connectivity index (χ4n) is 2.91. The molecule has 6 nitrogen and oxygen atoms in total. The van der Waals surface area contributed by atoms with Crippen LogP contribution in [-0.2, 0) is 9.53 Å². The van der Waals surface area contributed by atoms with Crippen molar-refractivity contribution in [1.82, 2.24) is 15.5 Å². The van der Waals surface area contributed by atoms with Gasteiger partial charge in [0.15, 0.2) is 5.96 Å². The zero-order valence-corrected chi connectivity index (χ0v) is 17.5. The van der Waals surface area contributed by atoms with Crippen LogP contribution in [0.15, 0.2) is 35.3 Å². The van der Waals surface area contributed by atoms with E-state index in [-0.39, 0.29) is 42.0 Å². The van der Waals surface area contributed by atoms with E-state index in [0.29, 0.717) is 13.0 Å². The molecule has 0 bridgehead atoms.